The van der Waals surface area contributed by atoms with Crippen LogP contribution in [0, 0.1) is 12.8 Å². The van der Waals surface area contributed by atoms with Crippen molar-refractivity contribution >= 4 is 23.1 Å². The molecule has 0 unspecified atom stereocenters. The summed E-state index contributed by atoms with van der Waals surface area (Å²) in [5.41, 5.74) is 2.00. The molecule has 0 radical (unpaired) electrons. The predicted molar refractivity (Wildman–Crippen MR) is 128 cm³/mol. The molecule has 0 saturated carbocycles. The number of rotatable bonds is 6. The quantitative estimate of drug-likeness (QED) is 0.474. The Hall–Kier alpha value is -3.59. The lowest BCUT2D eigenvalue weighted by Gasteiger charge is -2.32. The minimum absolute atomic E-state index is 0.00526. The zero-order chi connectivity index (χ0) is 22.6. The summed E-state index contributed by atoms with van der Waals surface area (Å²) in [6, 6.07) is 12.1. The highest BCUT2D eigenvalue weighted by atomic mass is 32.1. The highest BCUT2D eigenvalue weighted by Crippen LogP contribution is 2.25. The summed E-state index contributed by atoms with van der Waals surface area (Å²) in [6.45, 7) is 3.97. The molecular weight excluding hydrogens is 434 g/mol. The lowest BCUT2D eigenvalue weighted by molar-refractivity contribution is -0.125. The molecule has 0 spiro atoms. The van der Waals surface area contributed by atoms with Crippen molar-refractivity contribution in [2.45, 2.75) is 26.3 Å². The van der Waals surface area contributed by atoms with Gasteiger partial charge in [-0.25, -0.2) is 19.9 Å². The van der Waals surface area contributed by atoms with Crippen LogP contribution in [0.25, 0.3) is 16.4 Å². The molecule has 1 aromatic carbocycles. The third kappa shape index (κ3) is 4.78. The van der Waals surface area contributed by atoms with Crippen LogP contribution in [0.4, 0.5) is 5.82 Å². The second kappa shape index (κ2) is 9.50. The highest BCUT2D eigenvalue weighted by molar-refractivity contribution is 7.13. The summed E-state index contributed by atoms with van der Waals surface area (Å²) < 4.78 is 1.94. The van der Waals surface area contributed by atoms with Crippen molar-refractivity contribution in [3.05, 3.63) is 72.0 Å². The maximum absolute atomic E-state index is 12.7. The van der Waals surface area contributed by atoms with Crippen LogP contribution in [0.2, 0.25) is 0 Å². The zero-order valence-electron chi connectivity index (χ0n) is 18.4. The van der Waals surface area contributed by atoms with Crippen molar-refractivity contribution in [3.63, 3.8) is 0 Å². The van der Waals surface area contributed by atoms with Gasteiger partial charge in [-0.1, -0.05) is 30.3 Å². The Balaban J connectivity index is 1.14. The molecule has 33 heavy (non-hydrogen) atoms. The second-order valence-corrected chi connectivity index (χ2v) is 8.93. The van der Waals surface area contributed by atoms with Gasteiger partial charge in [0.1, 0.15) is 28.8 Å². The average molecular weight is 460 g/mol. The number of hydrogen-bond donors (Lipinski definition) is 1. The van der Waals surface area contributed by atoms with E-state index >= 15 is 0 Å². The van der Waals surface area contributed by atoms with Gasteiger partial charge in [-0.3, -0.25) is 9.36 Å². The van der Waals surface area contributed by atoms with E-state index in [1.165, 1.54) is 0 Å². The summed E-state index contributed by atoms with van der Waals surface area (Å²) in [5.74, 6) is 2.66. The molecular formula is C24H25N7OS. The molecule has 4 aromatic rings. The predicted octanol–water partition coefficient (Wildman–Crippen LogP) is 3.63. The summed E-state index contributed by atoms with van der Waals surface area (Å²) in [6.07, 6.45) is 6.82. The fraction of sp³-hybridized carbons (Fsp3) is 0.292. The van der Waals surface area contributed by atoms with Crippen LogP contribution >= 0.6 is 11.3 Å². The number of anilines is 1. The first-order valence-corrected chi connectivity index (χ1v) is 11.9. The van der Waals surface area contributed by atoms with Crippen LogP contribution in [0.5, 0.6) is 0 Å². The van der Waals surface area contributed by atoms with Gasteiger partial charge >= 0.3 is 0 Å². The van der Waals surface area contributed by atoms with Gasteiger partial charge in [0.05, 0.1) is 12.2 Å². The molecule has 0 bridgehead atoms. The molecule has 1 N–H and O–H groups in total. The first kappa shape index (κ1) is 21.3. The lowest BCUT2D eigenvalue weighted by Crippen LogP contribution is -2.40. The monoisotopic (exact) mass is 459 g/mol. The fourth-order valence-corrected chi connectivity index (χ4v) is 4.88. The van der Waals surface area contributed by atoms with Crippen molar-refractivity contribution in [1.82, 2.24) is 29.8 Å². The van der Waals surface area contributed by atoms with Gasteiger partial charge in [-0.15, -0.1) is 11.3 Å². The molecule has 3 aromatic heterocycles. The first-order valence-electron chi connectivity index (χ1n) is 11.0. The van der Waals surface area contributed by atoms with Gasteiger partial charge in [0, 0.05) is 48.4 Å². The molecule has 0 atom stereocenters. The summed E-state index contributed by atoms with van der Waals surface area (Å²) >= 11 is 1.60. The smallest absolute Gasteiger partial charge is 0.223 e. The van der Waals surface area contributed by atoms with Crippen LogP contribution in [0.3, 0.4) is 0 Å². The van der Waals surface area contributed by atoms with E-state index in [0.29, 0.717) is 6.54 Å². The third-order valence-electron chi connectivity index (χ3n) is 5.92. The van der Waals surface area contributed by atoms with E-state index in [4.69, 9.17) is 0 Å². The highest BCUT2D eigenvalue weighted by Gasteiger charge is 2.26. The van der Waals surface area contributed by atoms with Crippen molar-refractivity contribution in [2.24, 2.45) is 5.92 Å². The minimum atomic E-state index is 0.00526. The van der Waals surface area contributed by atoms with Crippen molar-refractivity contribution in [1.29, 1.82) is 0 Å². The molecule has 1 fully saturated rings. The number of amides is 1. The molecule has 1 amide bonds. The van der Waals surface area contributed by atoms with Gasteiger partial charge in [-0.2, -0.15) is 0 Å². The van der Waals surface area contributed by atoms with E-state index in [0.717, 1.165) is 59.7 Å². The molecule has 0 aliphatic carbocycles. The third-order valence-corrected chi connectivity index (χ3v) is 6.86. The first-order chi connectivity index (χ1) is 16.2. The number of thiazole rings is 1. The number of aryl methyl sites for hydroxylation is 1. The Morgan fingerprint density at radius 1 is 1.12 bits per heavy atom. The molecule has 1 aliphatic rings. The topological polar surface area (TPSA) is 88.8 Å². The van der Waals surface area contributed by atoms with Gasteiger partial charge in [0.25, 0.3) is 0 Å². The SMILES string of the molecule is Cc1nccn1-c1cc(N2CCC(C(=O)NCc3csc(-c4ccccc4)n3)CC2)ncn1. The van der Waals surface area contributed by atoms with E-state index in [2.05, 4.69) is 30.2 Å². The number of nitrogens with zero attached hydrogens (tertiary/aromatic N) is 6. The van der Waals surface area contributed by atoms with E-state index < -0.39 is 0 Å². The normalized spacial score (nSPS) is 14.4. The number of carbonyl (C=O) groups is 1. The van der Waals surface area contributed by atoms with Crippen LogP contribution in [0.15, 0.2) is 60.5 Å². The second-order valence-electron chi connectivity index (χ2n) is 8.07. The molecule has 8 nitrogen and oxygen atoms in total. The summed E-state index contributed by atoms with van der Waals surface area (Å²) in [5, 5.41) is 6.06. The van der Waals surface area contributed by atoms with Crippen LogP contribution in [0.1, 0.15) is 24.4 Å². The van der Waals surface area contributed by atoms with E-state index in [1.807, 2.05) is 59.5 Å². The number of aromatic nitrogens is 5. The average Bonchev–Trinajstić information content (AvgIpc) is 3.52. The molecule has 168 valence electrons. The van der Waals surface area contributed by atoms with E-state index in [9.17, 15) is 4.79 Å². The minimum Gasteiger partial charge on any atom is -0.356 e. The molecule has 9 heteroatoms. The number of piperidine rings is 1. The lowest BCUT2D eigenvalue weighted by atomic mass is 9.96. The molecule has 5 rings (SSSR count). The molecule has 1 aliphatic heterocycles. The Morgan fingerprint density at radius 2 is 1.91 bits per heavy atom. The molecule has 1 saturated heterocycles. The van der Waals surface area contributed by atoms with Gasteiger partial charge in [0.15, 0.2) is 0 Å². The summed E-state index contributed by atoms with van der Waals surface area (Å²) in [7, 11) is 0. The Bertz CT molecular complexity index is 1230. The van der Waals surface area contributed by atoms with Gasteiger partial charge in [-0.05, 0) is 19.8 Å². The molecule has 4 heterocycles. The fourth-order valence-electron chi connectivity index (χ4n) is 4.06. The standard InChI is InChI=1S/C24H25N7OS/c1-17-25-9-12-31(17)22-13-21(27-16-28-22)30-10-7-18(8-11-30)23(32)26-14-20-15-33-24(29-20)19-5-3-2-4-6-19/h2-6,9,12-13,15-16,18H,7-8,10-11,14H2,1H3,(H,26,32). The van der Waals surface area contributed by atoms with Crippen LogP contribution in [-0.4, -0.2) is 43.5 Å². The van der Waals surface area contributed by atoms with Crippen molar-refractivity contribution in [3.8, 4) is 16.4 Å². The maximum Gasteiger partial charge on any atom is 0.223 e. The number of carbonyl (C=O) groups excluding carboxylic acids is 1. The number of nitrogens with one attached hydrogen (secondary N) is 1. The zero-order valence-corrected chi connectivity index (χ0v) is 19.2. The summed E-state index contributed by atoms with van der Waals surface area (Å²) in [4.78, 5) is 32.7. The Labute approximate surface area is 196 Å². The van der Waals surface area contributed by atoms with Crippen molar-refractivity contribution in [2.75, 3.05) is 18.0 Å². The van der Waals surface area contributed by atoms with Gasteiger partial charge in [0.2, 0.25) is 5.91 Å². The van der Waals surface area contributed by atoms with Crippen LogP contribution < -0.4 is 10.2 Å². The largest absolute Gasteiger partial charge is 0.356 e. The number of hydrogen-bond acceptors (Lipinski definition) is 7. The number of imidazole rings is 1. The van der Waals surface area contributed by atoms with E-state index in [1.54, 1.807) is 23.9 Å². The van der Waals surface area contributed by atoms with E-state index in [-0.39, 0.29) is 11.8 Å². The Kier molecular flexibility index (Phi) is 6.12. The maximum atomic E-state index is 12.7. The van der Waals surface area contributed by atoms with Gasteiger partial charge < -0.3 is 10.2 Å². The van der Waals surface area contributed by atoms with Crippen LogP contribution in [-0.2, 0) is 11.3 Å². The van der Waals surface area contributed by atoms with Crippen molar-refractivity contribution < 1.29 is 4.79 Å². The Morgan fingerprint density at radius 3 is 2.67 bits per heavy atom. The number of benzene rings is 1.